The molecule has 186 valence electrons. The number of hydrogen-bond donors (Lipinski definition) is 1. The number of likely N-dealkylation sites (N-methyl/N-ethyl adjacent to an activating group) is 1. The fourth-order valence-electron chi connectivity index (χ4n) is 4.67. The maximum Gasteiger partial charge on any atom is 0.336 e. The summed E-state index contributed by atoms with van der Waals surface area (Å²) in [5.74, 6) is -4.36. The molecule has 3 rings (SSSR count). The van der Waals surface area contributed by atoms with Crippen molar-refractivity contribution in [1.29, 1.82) is 0 Å². The quantitative estimate of drug-likeness (QED) is 0.371. The molecular weight excluding hydrogens is 452 g/mol. The fraction of sp³-hybridized carbons (Fsp3) is 0.385. The number of fused-ring (bicyclic) bond motifs is 1. The molecule has 1 aromatic rings. The lowest BCUT2D eigenvalue weighted by molar-refractivity contribution is -0.152. The minimum atomic E-state index is -1.40. The zero-order valence-corrected chi connectivity index (χ0v) is 21.0. The van der Waals surface area contributed by atoms with Gasteiger partial charge in [0.1, 0.15) is 5.92 Å². The summed E-state index contributed by atoms with van der Waals surface area (Å²) in [6.07, 6.45) is 1.46. The van der Waals surface area contributed by atoms with Gasteiger partial charge in [-0.05, 0) is 25.5 Å². The van der Waals surface area contributed by atoms with Gasteiger partial charge in [0.05, 0.1) is 25.4 Å². The van der Waals surface area contributed by atoms with E-state index in [9.17, 15) is 19.2 Å². The predicted octanol–water partition coefficient (Wildman–Crippen LogP) is 2.52. The molecule has 0 aromatic heterocycles. The summed E-state index contributed by atoms with van der Waals surface area (Å²) in [6, 6.07) is 7.87. The van der Waals surface area contributed by atoms with E-state index in [0.717, 1.165) is 16.9 Å². The van der Waals surface area contributed by atoms with Crippen molar-refractivity contribution in [2.75, 3.05) is 32.8 Å². The second-order valence-corrected chi connectivity index (χ2v) is 8.92. The molecule has 0 bridgehead atoms. The number of nitrogens with one attached hydrogen (secondary N) is 1. The Hall–Kier alpha value is -3.88. The first-order chi connectivity index (χ1) is 16.4. The van der Waals surface area contributed by atoms with E-state index in [1.54, 1.807) is 13.8 Å². The van der Waals surface area contributed by atoms with E-state index in [0.29, 0.717) is 11.4 Å². The fourth-order valence-corrected chi connectivity index (χ4v) is 4.67. The van der Waals surface area contributed by atoms with Crippen LogP contribution in [0.15, 0.2) is 58.6 Å². The van der Waals surface area contributed by atoms with Crippen molar-refractivity contribution in [3.63, 3.8) is 0 Å². The lowest BCUT2D eigenvalue weighted by Gasteiger charge is -2.28. The molecular formula is C26H30N2O7. The molecule has 0 amide bonds. The number of para-hydroxylation sites is 1. The van der Waals surface area contributed by atoms with Crippen molar-refractivity contribution < 1.29 is 33.4 Å². The van der Waals surface area contributed by atoms with Gasteiger partial charge in [0.15, 0.2) is 12.4 Å². The Morgan fingerprint density at radius 1 is 1.00 bits per heavy atom. The largest absolute Gasteiger partial charge is 0.466 e. The Bertz CT molecular complexity index is 1150. The molecule has 2 heterocycles. The summed E-state index contributed by atoms with van der Waals surface area (Å²) < 4.78 is 14.9. The third-order valence-electron chi connectivity index (χ3n) is 6.40. The predicted molar refractivity (Wildman–Crippen MR) is 128 cm³/mol. The normalized spacial score (nSPS) is 18.3. The van der Waals surface area contributed by atoms with Gasteiger partial charge in [-0.2, -0.15) is 0 Å². The Morgan fingerprint density at radius 2 is 1.54 bits per heavy atom. The maximum absolute atomic E-state index is 13.1. The Morgan fingerprint density at radius 3 is 2.06 bits per heavy atom. The first-order valence-corrected chi connectivity index (χ1v) is 11.1. The van der Waals surface area contributed by atoms with Gasteiger partial charge in [0.2, 0.25) is 0 Å². The van der Waals surface area contributed by atoms with Crippen LogP contribution in [0.5, 0.6) is 0 Å². The molecule has 0 radical (unpaired) electrons. The highest BCUT2D eigenvalue weighted by Gasteiger charge is 2.43. The molecule has 1 N–H and O–H groups in total. The highest BCUT2D eigenvalue weighted by Crippen LogP contribution is 2.46. The van der Waals surface area contributed by atoms with Crippen molar-refractivity contribution in [2.45, 2.75) is 33.1 Å². The summed E-state index contributed by atoms with van der Waals surface area (Å²) in [5, 5.41) is 2.90. The number of ether oxygens (including phenoxy) is 3. The first-order valence-electron chi connectivity index (χ1n) is 11.1. The third kappa shape index (κ3) is 4.58. The van der Waals surface area contributed by atoms with Crippen LogP contribution in [0, 0.1) is 5.92 Å². The maximum atomic E-state index is 13.1. The van der Waals surface area contributed by atoms with Gasteiger partial charge in [-0.1, -0.05) is 32.0 Å². The number of esters is 3. The SMILES string of the molecule is COC(=O)C1=C(C)NC(C)=C(C(=O)OC)C1C(=O)OCC(=O)/C=C1/N(C)c2ccccc2C1(C)C. The first kappa shape index (κ1) is 25.7. The zero-order valence-electron chi connectivity index (χ0n) is 21.0. The van der Waals surface area contributed by atoms with Crippen molar-refractivity contribution in [3.05, 3.63) is 64.1 Å². The number of ketones is 1. The second-order valence-electron chi connectivity index (χ2n) is 8.92. The topological polar surface area (TPSA) is 111 Å². The van der Waals surface area contributed by atoms with Gasteiger partial charge in [-0.15, -0.1) is 0 Å². The number of anilines is 1. The van der Waals surface area contributed by atoms with Crippen molar-refractivity contribution in [1.82, 2.24) is 5.32 Å². The van der Waals surface area contributed by atoms with Gasteiger partial charge in [0, 0.05) is 41.3 Å². The molecule has 0 saturated carbocycles. The number of rotatable bonds is 6. The van der Waals surface area contributed by atoms with Crippen LogP contribution in [-0.2, 0) is 38.8 Å². The number of allylic oxidation sites excluding steroid dienone is 3. The summed E-state index contributed by atoms with van der Waals surface area (Å²) in [4.78, 5) is 52.8. The number of methoxy groups -OCH3 is 2. The standard InChI is InChI=1S/C26H30N2O7/c1-14-20(23(30)33-6)22(21(15(2)27-14)24(31)34-7)25(32)35-13-16(29)12-19-26(3,4)17-10-8-9-11-18(17)28(19)5/h8-12,22,27H,13H2,1-7H3/b19-12+. The molecule has 9 heteroatoms. The van der Waals surface area contributed by atoms with E-state index in [4.69, 9.17) is 14.2 Å². The summed E-state index contributed by atoms with van der Waals surface area (Å²) >= 11 is 0. The lowest BCUT2D eigenvalue weighted by atomic mass is 9.83. The highest BCUT2D eigenvalue weighted by atomic mass is 16.5. The van der Waals surface area contributed by atoms with Crippen LogP contribution in [0.25, 0.3) is 0 Å². The van der Waals surface area contributed by atoms with E-state index >= 15 is 0 Å². The number of dihydropyridines is 1. The summed E-state index contributed by atoms with van der Waals surface area (Å²) in [7, 11) is 4.21. The van der Waals surface area contributed by atoms with Crippen LogP contribution < -0.4 is 10.2 Å². The van der Waals surface area contributed by atoms with E-state index < -0.39 is 41.6 Å². The lowest BCUT2D eigenvalue weighted by Crippen LogP contribution is -2.38. The number of nitrogens with zero attached hydrogens (tertiary/aromatic N) is 1. The molecule has 0 unspecified atom stereocenters. The van der Waals surface area contributed by atoms with E-state index in [-0.39, 0.29) is 11.1 Å². The van der Waals surface area contributed by atoms with Gasteiger partial charge >= 0.3 is 17.9 Å². The smallest absolute Gasteiger partial charge is 0.336 e. The molecule has 35 heavy (non-hydrogen) atoms. The van der Waals surface area contributed by atoms with Crippen molar-refractivity contribution in [2.24, 2.45) is 5.92 Å². The van der Waals surface area contributed by atoms with Crippen LogP contribution in [0.3, 0.4) is 0 Å². The molecule has 1 aromatic carbocycles. The van der Waals surface area contributed by atoms with Crippen molar-refractivity contribution in [3.8, 4) is 0 Å². The molecule has 2 aliphatic heterocycles. The molecule has 0 saturated heterocycles. The monoisotopic (exact) mass is 482 g/mol. The highest BCUT2D eigenvalue weighted by molar-refractivity contribution is 6.06. The zero-order chi connectivity index (χ0) is 26.1. The van der Waals surface area contributed by atoms with Crippen LogP contribution in [0.4, 0.5) is 5.69 Å². The van der Waals surface area contributed by atoms with Gasteiger partial charge in [-0.3, -0.25) is 9.59 Å². The van der Waals surface area contributed by atoms with Gasteiger partial charge in [0.25, 0.3) is 0 Å². The molecule has 0 spiro atoms. The number of carbonyl (C=O) groups excluding carboxylic acids is 4. The van der Waals surface area contributed by atoms with Crippen LogP contribution >= 0.6 is 0 Å². The minimum Gasteiger partial charge on any atom is -0.466 e. The molecule has 0 atom stereocenters. The summed E-state index contributed by atoms with van der Waals surface area (Å²) in [6.45, 7) is 6.63. The number of carbonyl (C=O) groups is 4. The van der Waals surface area contributed by atoms with E-state index in [2.05, 4.69) is 5.32 Å². The Kier molecular flexibility index (Phi) is 7.19. The van der Waals surface area contributed by atoms with E-state index in [1.165, 1.54) is 20.3 Å². The van der Waals surface area contributed by atoms with Crippen molar-refractivity contribution >= 4 is 29.4 Å². The minimum absolute atomic E-state index is 0.0820. The van der Waals surface area contributed by atoms with Crippen LogP contribution in [-0.4, -0.2) is 51.6 Å². The number of benzene rings is 1. The van der Waals surface area contributed by atoms with Gasteiger partial charge < -0.3 is 24.4 Å². The molecule has 0 aliphatic carbocycles. The molecule has 2 aliphatic rings. The van der Waals surface area contributed by atoms with E-state index in [1.807, 2.05) is 50.1 Å². The number of hydrogen-bond acceptors (Lipinski definition) is 9. The van der Waals surface area contributed by atoms with Gasteiger partial charge in [-0.25, -0.2) is 9.59 Å². The second kappa shape index (κ2) is 9.77. The Labute approximate surface area is 204 Å². The van der Waals surface area contributed by atoms with Crippen LogP contribution in [0.2, 0.25) is 0 Å². The average Bonchev–Trinajstić information content (AvgIpc) is 3.01. The summed E-state index contributed by atoms with van der Waals surface area (Å²) in [5.41, 5.74) is 2.93. The third-order valence-corrected chi connectivity index (χ3v) is 6.40. The average molecular weight is 483 g/mol. The Balaban J connectivity index is 1.85. The molecule has 9 nitrogen and oxygen atoms in total. The molecule has 0 fully saturated rings. The van der Waals surface area contributed by atoms with Crippen LogP contribution in [0.1, 0.15) is 33.3 Å².